The smallest absolute Gasteiger partial charge is 0.259 e. The van der Waals surface area contributed by atoms with Crippen LogP contribution in [0, 0.1) is 5.92 Å². The molecule has 2 heterocycles. The van der Waals surface area contributed by atoms with Crippen LogP contribution in [0.3, 0.4) is 0 Å². The monoisotopic (exact) mass is 311 g/mol. The second kappa shape index (κ2) is 6.12. The normalized spacial score (nSPS) is 19.2. The predicted octanol–water partition coefficient (Wildman–Crippen LogP) is 3.59. The number of benzene rings is 1. The largest absolute Gasteiger partial charge is 0.334 e. The van der Waals surface area contributed by atoms with Crippen molar-refractivity contribution in [2.75, 3.05) is 13.1 Å². The average Bonchev–Trinajstić information content (AvgIpc) is 2.88. The molecule has 1 aliphatic heterocycles. The minimum Gasteiger partial charge on any atom is -0.334 e. The molecule has 0 radical (unpaired) electrons. The first-order chi connectivity index (χ1) is 9.72. The van der Waals surface area contributed by atoms with Crippen molar-refractivity contribution >= 4 is 23.2 Å². The Labute approximate surface area is 127 Å². The molecule has 0 bridgehead atoms. The molecule has 1 aliphatic rings. The molecule has 0 saturated carbocycles. The van der Waals surface area contributed by atoms with E-state index < -0.39 is 0 Å². The van der Waals surface area contributed by atoms with Gasteiger partial charge >= 0.3 is 0 Å². The maximum absolute atomic E-state index is 6.14. The maximum Gasteiger partial charge on any atom is 0.259 e. The Balaban J connectivity index is 1.75. The van der Waals surface area contributed by atoms with Crippen LogP contribution in [0.15, 0.2) is 22.7 Å². The maximum atomic E-state index is 6.14. The van der Waals surface area contributed by atoms with Crippen LogP contribution < -0.4 is 5.32 Å². The van der Waals surface area contributed by atoms with Gasteiger partial charge in [-0.15, -0.1) is 0 Å². The van der Waals surface area contributed by atoms with E-state index in [4.69, 9.17) is 27.7 Å². The van der Waals surface area contributed by atoms with Gasteiger partial charge in [-0.25, -0.2) is 0 Å². The van der Waals surface area contributed by atoms with Crippen LogP contribution in [0.25, 0.3) is 11.5 Å². The quantitative estimate of drug-likeness (QED) is 0.941. The van der Waals surface area contributed by atoms with Gasteiger partial charge in [0.15, 0.2) is 5.82 Å². The Bertz CT molecular complexity index is 594. The Morgan fingerprint density at radius 2 is 2.25 bits per heavy atom. The molecule has 106 valence electrons. The Morgan fingerprint density at radius 1 is 1.35 bits per heavy atom. The summed E-state index contributed by atoms with van der Waals surface area (Å²) in [6.07, 6.45) is 3.25. The summed E-state index contributed by atoms with van der Waals surface area (Å²) in [5, 5.41) is 8.54. The molecule has 0 aliphatic carbocycles. The van der Waals surface area contributed by atoms with Gasteiger partial charge in [0.2, 0.25) is 0 Å². The molecule has 6 heteroatoms. The van der Waals surface area contributed by atoms with E-state index in [0.29, 0.717) is 21.9 Å². The second-order valence-corrected chi connectivity index (χ2v) is 5.90. The fourth-order valence-electron chi connectivity index (χ4n) is 2.47. The number of hydrogen-bond donors (Lipinski definition) is 1. The van der Waals surface area contributed by atoms with Crippen LogP contribution in [0.5, 0.6) is 0 Å². The number of nitrogens with zero attached hydrogens (tertiary/aromatic N) is 2. The lowest BCUT2D eigenvalue weighted by molar-refractivity contribution is 0.360. The highest BCUT2D eigenvalue weighted by molar-refractivity contribution is 6.36. The van der Waals surface area contributed by atoms with Crippen molar-refractivity contribution in [2.24, 2.45) is 5.92 Å². The highest BCUT2D eigenvalue weighted by Gasteiger charge is 2.18. The summed E-state index contributed by atoms with van der Waals surface area (Å²) in [5.74, 6) is 1.76. The summed E-state index contributed by atoms with van der Waals surface area (Å²) in [5.41, 5.74) is 0.719. The SMILES string of the molecule is Clc1ccc(-c2nc(CC3CCCNC3)no2)c(Cl)c1. The molecule has 1 atom stereocenters. The zero-order valence-electron chi connectivity index (χ0n) is 10.9. The molecule has 3 rings (SSSR count). The number of halogens is 2. The lowest BCUT2D eigenvalue weighted by Gasteiger charge is -2.20. The van der Waals surface area contributed by atoms with Crippen molar-refractivity contribution in [3.05, 3.63) is 34.1 Å². The zero-order valence-corrected chi connectivity index (χ0v) is 12.4. The molecule has 4 nitrogen and oxygen atoms in total. The van der Waals surface area contributed by atoms with Crippen molar-refractivity contribution in [1.82, 2.24) is 15.5 Å². The highest BCUT2D eigenvalue weighted by Crippen LogP contribution is 2.29. The lowest BCUT2D eigenvalue weighted by atomic mass is 9.96. The van der Waals surface area contributed by atoms with Gasteiger partial charge in [0.1, 0.15) is 0 Å². The molecular weight excluding hydrogens is 297 g/mol. The van der Waals surface area contributed by atoms with E-state index in [-0.39, 0.29) is 0 Å². The summed E-state index contributed by atoms with van der Waals surface area (Å²) in [6, 6.07) is 5.23. The van der Waals surface area contributed by atoms with Gasteiger partial charge in [0.25, 0.3) is 5.89 Å². The van der Waals surface area contributed by atoms with Gasteiger partial charge in [-0.2, -0.15) is 4.98 Å². The van der Waals surface area contributed by atoms with Crippen molar-refractivity contribution in [3.63, 3.8) is 0 Å². The van der Waals surface area contributed by atoms with Gasteiger partial charge in [-0.3, -0.25) is 0 Å². The summed E-state index contributed by atoms with van der Waals surface area (Å²) < 4.78 is 5.30. The first kappa shape index (κ1) is 13.9. The van der Waals surface area contributed by atoms with E-state index in [1.807, 2.05) is 0 Å². The molecule has 1 aromatic carbocycles. The van der Waals surface area contributed by atoms with Gasteiger partial charge in [0.05, 0.1) is 10.6 Å². The average molecular weight is 312 g/mol. The van der Waals surface area contributed by atoms with Gasteiger partial charge in [0, 0.05) is 11.4 Å². The Kier molecular flexibility index (Phi) is 4.24. The topological polar surface area (TPSA) is 51.0 Å². The number of piperidine rings is 1. The second-order valence-electron chi connectivity index (χ2n) is 5.06. The zero-order chi connectivity index (χ0) is 13.9. The van der Waals surface area contributed by atoms with Crippen LogP contribution in [-0.2, 0) is 6.42 Å². The first-order valence-corrected chi connectivity index (χ1v) is 7.46. The third-order valence-electron chi connectivity index (χ3n) is 3.50. The molecule has 0 amide bonds. The Hall–Kier alpha value is -1.10. The van der Waals surface area contributed by atoms with E-state index in [1.165, 1.54) is 12.8 Å². The summed E-state index contributed by atoms with van der Waals surface area (Å²) in [4.78, 5) is 4.43. The van der Waals surface area contributed by atoms with Crippen molar-refractivity contribution in [1.29, 1.82) is 0 Å². The van der Waals surface area contributed by atoms with Crippen LogP contribution in [0.1, 0.15) is 18.7 Å². The van der Waals surface area contributed by atoms with Crippen LogP contribution >= 0.6 is 23.2 Å². The van der Waals surface area contributed by atoms with Crippen LogP contribution in [-0.4, -0.2) is 23.2 Å². The fourth-order valence-corrected chi connectivity index (χ4v) is 2.95. The van der Waals surface area contributed by atoms with Crippen molar-refractivity contribution in [3.8, 4) is 11.5 Å². The molecule has 1 fully saturated rings. The molecule has 1 unspecified atom stereocenters. The number of nitrogens with one attached hydrogen (secondary N) is 1. The van der Waals surface area contributed by atoms with Crippen molar-refractivity contribution in [2.45, 2.75) is 19.3 Å². The standard InChI is InChI=1S/C14H15Cl2N3O/c15-10-3-4-11(12(16)7-10)14-18-13(19-20-14)6-9-2-1-5-17-8-9/h3-4,7,9,17H,1-2,5-6,8H2. The van der Waals surface area contributed by atoms with E-state index in [0.717, 1.165) is 30.9 Å². The van der Waals surface area contributed by atoms with Gasteiger partial charge in [-0.05, 0) is 50.0 Å². The minimum atomic E-state index is 0.449. The molecular formula is C14H15Cl2N3O. The van der Waals surface area contributed by atoms with E-state index in [2.05, 4.69) is 15.5 Å². The predicted molar refractivity (Wildman–Crippen MR) is 79.1 cm³/mol. The fraction of sp³-hybridized carbons (Fsp3) is 0.429. The summed E-state index contributed by atoms with van der Waals surface area (Å²) >= 11 is 12.0. The molecule has 2 aromatic rings. The molecule has 20 heavy (non-hydrogen) atoms. The highest BCUT2D eigenvalue weighted by atomic mass is 35.5. The van der Waals surface area contributed by atoms with Gasteiger partial charge in [-0.1, -0.05) is 28.4 Å². The first-order valence-electron chi connectivity index (χ1n) is 6.71. The van der Waals surface area contributed by atoms with E-state index in [1.54, 1.807) is 18.2 Å². The summed E-state index contributed by atoms with van der Waals surface area (Å²) in [6.45, 7) is 2.12. The number of rotatable bonds is 3. The molecule has 0 spiro atoms. The van der Waals surface area contributed by atoms with Crippen LogP contribution in [0.2, 0.25) is 10.0 Å². The number of hydrogen-bond acceptors (Lipinski definition) is 4. The number of aromatic nitrogens is 2. The van der Waals surface area contributed by atoms with Crippen LogP contribution in [0.4, 0.5) is 0 Å². The minimum absolute atomic E-state index is 0.449. The lowest BCUT2D eigenvalue weighted by Crippen LogP contribution is -2.31. The van der Waals surface area contributed by atoms with E-state index in [9.17, 15) is 0 Å². The molecule has 1 aromatic heterocycles. The molecule has 1 saturated heterocycles. The third kappa shape index (κ3) is 3.14. The molecule has 1 N–H and O–H groups in total. The van der Waals surface area contributed by atoms with Crippen molar-refractivity contribution < 1.29 is 4.52 Å². The van der Waals surface area contributed by atoms with E-state index >= 15 is 0 Å². The van der Waals surface area contributed by atoms with Gasteiger partial charge < -0.3 is 9.84 Å². The Morgan fingerprint density at radius 3 is 3.00 bits per heavy atom. The summed E-state index contributed by atoms with van der Waals surface area (Å²) in [7, 11) is 0. The third-order valence-corrected chi connectivity index (χ3v) is 4.05.